The van der Waals surface area contributed by atoms with Crippen LogP contribution in [0.15, 0.2) is 18.2 Å². The number of aryl methyl sites for hydroxylation is 1. The topological polar surface area (TPSA) is 54.5 Å². The monoisotopic (exact) mass is 249 g/mol. The first-order valence-corrected chi connectivity index (χ1v) is 6.23. The average Bonchev–Trinajstić information content (AvgIpc) is 2.39. The van der Waals surface area contributed by atoms with Crippen LogP contribution in [0.25, 0.3) is 0 Å². The molecule has 0 bridgehead atoms. The van der Waals surface area contributed by atoms with E-state index >= 15 is 0 Å². The largest absolute Gasteiger partial charge is 0.378 e. The first kappa shape index (κ1) is 12.8. The highest BCUT2D eigenvalue weighted by Gasteiger charge is 2.22. The zero-order chi connectivity index (χ0) is 13.0. The lowest BCUT2D eigenvalue weighted by Gasteiger charge is -2.29. The number of anilines is 1. The summed E-state index contributed by atoms with van der Waals surface area (Å²) in [5.74, 6) is 0.839. The highest BCUT2D eigenvalue weighted by molar-refractivity contribution is 5.84. The number of carbonyl (C=O) groups excluding carboxylic acids is 1. The molecule has 5 nitrogen and oxygen atoms in total. The van der Waals surface area contributed by atoms with E-state index < -0.39 is 0 Å². The number of pyridine rings is 1. The molecule has 2 heterocycles. The van der Waals surface area contributed by atoms with Gasteiger partial charge in [-0.05, 0) is 26.0 Å². The summed E-state index contributed by atoms with van der Waals surface area (Å²) in [5, 5.41) is 3.14. The Balaban J connectivity index is 1.94. The van der Waals surface area contributed by atoms with Crippen LogP contribution >= 0.6 is 0 Å². The molecule has 1 saturated heterocycles. The Kier molecular flexibility index (Phi) is 4.15. The third-order valence-electron chi connectivity index (χ3n) is 2.95. The molecule has 1 N–H and O–H groups in total. The third kappa shape index (κ3) is 3.20. The predicted octanol–water partition coefficient (Wildman–Crippen LogP) is 1.05. The lowest BCUT2D eigenvalue weighted by molar-refractivity contribution is -0.135. The van der Waals surface area contributed by atoms with Gasteiger partial charge in [-0.25, -0.2) is 4.98 Å². The maximum atomic E-state index is 12.2. The number of nitrogens with one attached hydrogen (secondary N) is 1. The molecule has 5 heteroatoms. The summed E-state index contributed by atoms with van der Waals surface area (Å²) in [7, 11) is 0. The van der Waals surface area contributed by atoms with E-state index in [2.05, 4.69) is 10.3 Å². The summed E-state index contributed by atoms with van der Waals surface area (Å²) in [6, 6.07) is 5.46. The van der Waals surface area contributed by atoms with Crippen molar-refractivity contribution in [3.8, 4) is 0 Å². The van der Waals surface area contributed by atoms with Crippen LogP contribution in [0.5, 0.6) is 0 Å². The number of amides is 1. The second-order valence-corrected chi connectivity index (χ2v) is 4.47. The van der Waals surface area contributed by atoms with E-state index in [1.165, 1.54) is 0 Å². The van der Waals surface area contributed by atoms with E-state index in [9.17, 15) is 4.79 Å². The third-order valence-corrected chi connectivity index (χ3v) is 2.95. The van der Waals surface area contributed by atoms with Crippen molar-refractivity contribution >= 4 is 11.7 Å². The van der Waals surface area contributed by atoms with Gasteiger partial charge in [-0.1, -0.05) is 6.07 Å². The Bertz CT molecular complexity index is 416. The van der Waals surface area contributed by atoms with Crippen LogP contribution in [0.1, 0.15) is 12.6 Å². The van der Waals surface area contributed by atoms with E-state index in [-0.39, 0.29) is 11.9 Å². The van der Waals surface area contributed by atoms with Gasteiger partial charge in [0.1, 0.15) is 11.9 Å². The number of aromatic nitrogens is 1. The van der Waals surface area contributed by atoms with Crippen LogP contribution in [0.3, 0.4) is 0 Å². The molecule has 0 aromatic carbocycles. The van der Waals surface area contributed by atoms with Crippen molar-refractivity contribution in [2.75, 3.05) is 31.6 Å². The quantitative estimate of drug-likeness (QED) is 0.870. The zero-order valence-corrected chi connectivity index (χ0v) is 10.8. The number of morpholine rings is 1. The maximum absolute atomic E-state index is 12.2. The molecule has 1 atom stereocenters. The molecule has 0 saturated carbocycles. The van der Waals surface area contributed by atoms with Gasteiger partial charge in [0, 0.05) is 18.8 Å². The summed E-state index contributed by atoms with van der Waals surface area (Å²) in [6.07, 6.45) is 0. The molecule has 2 rings (SSSR count). The van der Waals surface area contributed by atoms with Crippen molar-refractivity contribution in [3.05, 3.63) is 23.9 Å². The summed E-state index contributed by atoms with van der Waals surface area (Å²) in [4.78, 5) is 18.3. The van der Waals surface area contributed by atoms with Crippen LogP contribution in [0.4, 0.5) is 5.82 Å². The normalized spacial score (nSPS) is 17.3. The highest BCUT2D eigenvalue weighted by Crippen LogP contribution is 2.08. The number of carbonyl (C=O) groups is 1. The Morgan fingerprint density at radius 3 is 2.83 bits per heavy atom. The lowest BCUT2D eigenvalue weighted by Crippen LogP contribution is -2.47. The Labute approximate surface area is 107 Å². The molecule has 1 fully saturated rings. The molecule has 1 unspecified atom stereocenters. The predicted molar refractivity (Wildman–Crippen MR) is 69.5 cm³/mol. The van der Waals surface area contributed by atoms with E-state index in [1.807, 2.05) is 36.9 Å². The lowest BCUT2D eigenvalue weighted by atomic mass is 10.2. The average molecular weight is 249 g/mol. The Morgan fingerprint density at radius 2 is 2.17 bits per heavy atom. The van der Waals surface area contributed by atoms with Crippen LogP contribution < -0.4 is 5.32 Å². The minimum absolute atomic E-state index is 0.0987. The van der Waals surface area contributed by atoms with Crippen LogP contribution in [-0.2, 0) is 9.53 Å². The van der Waals surface area contributed by atoms with Gasteiger partial charge in [-0.2, -0.15) is 0 Å². The number of hydrogen-bond acceptors (Lipinski definition) is 4. The molecule has 1 amide bonds. The SMILES string of the molecule is Cc1cccc(NC(C)C(=O)N2CCOCC2)n1. The fourth-order valence-electron chi connectivity index (χ4n) is 1.96. The number of hydrogen-bond donors (Lipinski definition) is 1. The van der Waals surface area contributed by atoms with Gasteiger partial charge in [-0.15, -0.1) is 0 Å². The fraction of sp³-hybridized carbons (Fsp3) is 0.538. The molecule has 98 valence electrons. The van der Waals surface area contributed by atoms with Crippen molar-refractivity contribution in [2.24, 2.45) is 0 Å². The second kappa shape index (κ2) is 5.82. The molecule has 1 aromatic heterocycles. The number of nitrogens with zero attached hydrogens (tertiary/aromatic N) is 2. The summed E-state index contributed by atoms with van der Waals surface area (Å²) >= 11 is 0. The van der Waals surface area contributed by atoms with Crippen LogP contribution in [0, 0.1) is 6.92 Å². The number of rotatable bonds is 3. The minimum Gasteiger partial charge on any atom is -0.378 e. The first-order valence-electron chi connectivity index (χ1n) is 6.23. The van der Waals surface area contributed by atoms with Gasteiger partial charge in [-0.3, -0.25) is 4.79 Å². The second-order valence-electron chi connectivity index (χ2n) is 4.47. The van der Waals surface area contributed by atoms with Gasteiger partial charge in [0.15, 0.2) is 0 Å². The summed E-state index contributed by atoms with van der Waals surface area (Å²) in [6.45, 7) is 6.39. The zero-order valence-electron chi connectivity index (χ0n) is 10.8. The van der Waals surface area contributed by atoms with Gasteiger partial charge in [0.2, 0.25) is 5.91 Å². The van der Waals surface area contributed by atoms with Crippen LogP contribution in [0.2, 0.25) is 0 Å². The molecular weight excluding hydrogens is 230 g/mol. The summed E-state index contributed by atoms with van der Waals surface area (Å²) < 4.78 is 5.24. The van der Waals surface area contributed by atoms with E-state index in [1.54, 1.807) is 0 Å². The summed E-state index contributed by atoms with van der Waals surface area (Å²) in [5.41, 5.74) is 0.936. The Morgan fingerprint density at radius 1 is 1.44 bits per heavy atom. The van der Waals surface area contributed by atoms with Gasteiger partial charge in [0.05, 0.1) is 13.2 Å². The van der Waals surface area contributed by atoms with Gasteiger partial charge in [0.25, 0.3) is 0 Å². The maximum Gasteiger partial charge on any atom is 0.244 e. The smallest absolute Gasteiger partial charge is 0.244 e. The van der Waals surface area contributed by atoms with E-state index in [0.29, 0.717) is 26.3 Å². The first-order chi connectivity index (χ1) is 8.66. The molecule has 1 aliphatic rings. The fourth-order valence-corrected chi connectivity index (χ4v) is 1.96. The van der Waals surface area contributed by atoms with E-state index in [4.69, 9.17) is 4.74 Å². The molecule has 1 aromatic rings. The highest BCUT2D eigenvalue weighted by atomic mass is 16.5. The van der Waals surface area contributed by atoms with Gasteiger partial charge < -0.3 is 15.0 Å². The number of ether oxygens (including phenoxy) is 1. The standard InChI is InChI=1S/C13H19N3O2/c1-10-4-3-5-12(14-10)15-11(2)13(17)16-6-8-18-9-7-16/h3-5,11H,6-9H2,1-2H3,(H,14,15). The van der Waals surface area contributed by atoms with Crippen molar-refractivity contribution in [1.82, 2.24) is 9.88 Å². The molecule has 0 radical (unpaired) electrons. The van der Waals surface area contributed by atoms with Gasteiger partial charge >= 0.3 is 0 Å². The van der Waals surface area contributed by atoms with E-state index in [0.717, 1.165) is 11.5 Å². The van der Waals surface area contributed by atoms with Crippen LogP contribution in [-0.4, -0.2) is 48.1 Å². The molecule has 1 aliphatic heterocycles. The van der Waals surface area contributed by atoms with Crippen molar-refractivity contribution in [1.29, 1.82) is 0 Å². The molecule has 0 aliphatic carbocycles. The molecule has 0 spiro atoms. The van der Waals surface area contributed by atoms with Crippen molar-refractivity contribution in [3.63, 3.8) is 0 Å². The molecule has 18 heavy (non-hydrogen) atoms. The Hall–Kier alpha value is -1.62. The van der Waals surface area contributed by atoms with Crippen molar-refractivity contribution < 1.29 is 9.53 Å². The van der Waals surface area contributed by atoms with Crippen molar-refractivity contribution in [2.45, 2.75) is 19.9 Å². The molecular formula is C13H19N3O2. The minimum atomic E-state index is -0.266.